The van der Waals surface area contributed by atoms with Gasteiger partial charge in [0.2, 0.25) is 5.91 Å². The summed E-state index contributed by atoms with van der Waals surface area (Å²) in [5.74, 6) is -0.227. The maximum Gasteiger partial charge on any atom is 0.251 e. The fourth-order valence-electron chi connectivity index (χ4n) is 1.68. The fourth-order valence-corrected chi connectivity index (χ4v) is 2.06. The molecule has 2 rings (SSSR count). The number of nitrogens with zero attached hydrogens (tertiary/aromatic N) is 1. The molecule has 1 amide bonds. The summed E-state index contributed by atoms with van der Waals surface area (Å²) in [5, 5.41) is 2.79. The topological polar surface area (TPSA) is 51.1 Å². The molecule has 0 bridgehead atoms. The Balaban J connectivity index is 2.12. The van der Waals surface area contributed by atoms with E-state index < -0.39 is 0 Å². The summed E-state index contributed by atoms with van der Waals surface area (Å²) in [6.07, 6.45) is 1.60. The highest BCUT2D eigenvalue weighted by Crippen LogP contribution is 2.13. The second kappa shape index (κ2) is 5.84. The molecular weight excluding hydrogens is 308 g/mol. The minimum Gasteiger partial charge on any atom is -0.324 e. The van der Waals surface area contributed by atoms with Gasteiger partial charge < -0.3 is 9.88 Å². The molecule has 1 aromatic heterocycles. The summed E-state index contributed by atoms with van der Waals surface area (Å²) in [6, 6.07) is 10.6. The number of benzene rings is 1. The van der Waals surface area contributed by atoms with E-state index in [1.807, 2.05) is 31.2 Å². The molecule has 2 aromatic rings. The van der Waals surface area contributed by atoms with Crippen LogP contribution in [0.3, 0.4) is 0 Å². The maximum absolute atomic E-state index is 11.9. The quantitative estimate of drug-likeness (QED) is 0.944. The average molecular weight is 321 g/mol. The van der Waals surface area contributed by atoms with Gasteiger partial charge in [0.25, 0.3) is 5.56 Å². The molecule has 0 aliphatic rings. The minimum atomic E-state index is -0.227. The van der Waals surface area contributed by atoms with Crippen molar-refractivity contribution < 1.29 is 4.79 Å². The summed E-state index contributed by atoms with van der Waals surface area (Å²) in [4.78, 5) is 23.5. The molecule has 98 valence electrons. The number of para-hydroxylation sites is 1. The number of carbonyl (C=O) groups is 1. The van der Waals surface area contributed by atoms with Crippen LogP contribution in [0, 0.1) is 6.92 Å². The number of pyridine rings is 1. The van der Waals surface area contributed by atoms with Crippen LogP contribution in [0.25, 0.3) is 0 Å². The lowest BCUT2D eigenvalue weighted by Crippen LogP contribution is -2.26. The number of rotatable bonds is 3. The smallest absolute Gasteiger partial charge is 0.251 e. The summed E-state index contributed by atoms with van der Waals surface area (Å²) in [5.41, 5.74) is 1.54. The molecule has 1 heterocycles. The standard InChI is InChI=1S/C14H13BrN2O2/c1-10-4-2-3-5-12(10)16-13(18)9-17-8-11(15)6-7-14(17)19/h2-8H,9H2,1H3,(H,16,18). The molecule has 19 heavy (non-hydrogen) atoms. The van der Waals surface area contributed by atoms with Crippen LogP contribution in [0.5, 0.6) is 0 Å². The van der Waals surface area contributed by atoms with Gasteiger partial charge in [-0.3, -0.25) is 9.59 Å². The first kappa shape index (κ1) is 13.5. The number of anilines is 1. The predicted molar refractivity (Wildman–Crippen MR) is 78.2 cm³/mol. The molecule has 0 unspecified atom stereocenters. The van der Waals surface area contributed by atoms with E-state index in [1.54, 1.807) is 12.3 Å². The van der Waals surface area contributed by atoms with Crippen LogP contribution >= 0.6 is 15.9 Å². The van der Waals surface area contributed by atoms with Gasteiger partial charge >= 0.3 is 0 Å². The molecule has 0 aliphatic heterocycles. The van der Waals surface area contributed by atoms with E-state index in [0.717, 1.165) is 15.7 Å². The van der Waals surface area contributed by atoms with Crippen molar-refractivity contribution in [2.75, 3.05) is 5.32 Å². The first-order valence-corrected chi connectivity index (χ1v) is 6.57. The Morgan fingerprint density at radius 3 is 2.74 bits per heavy atom. The zero-order valence-electron chi connectivity index (χ0n) is 10.4. The largest absolute Gasteiger partial charge is 0.324 e. The molecule has 5 heteroatoms. The van der Waals surface area contributed by atoms with Gasteiger partial charge in [-0.05, 0) is 40.5 Å². The van der Waals surface area contributed by atoms with Crippen molar-refractivity contribution >= 4 is 27.5 Å². The zero-order valence-corrected chi connectivity index (χ0v) is 12.0. The highest BCUT2D eigenvalue weighted by molar-refractivity contribution is 9.10. The molecule has 1 aromatic carbocycles. The lowest BCUT2D eigenvalue weighted by molar-refractivity contribution is -0.116. The van der Waals surface area contributed by atoms with E-state index in [0.29, 0.717) is 0 Å². The normalized spacial score (nSPS) is 10.2. The van der Waals surface area contributed by atoms with Gasteiger partial charge in [-0.1, -0.05) is 18.2 Å². The van der Waals surface area contributed by atoms with Crippen LogP contribution in [0.2, 0.25) is 0 Å². The van der Waals surface area contributed by atoms with Crippen molar-refractivity contribution in [3.63, 3.8) is 0 Å². The Kier molecular flexibility index (Phi) is 4.16. The van der Waals surface area contributed by atoms with Crippen LogP contribution in [-0.4, -0.2) is 10.5 Å². The average Bonchev–Trinajstić information content (AvgIpc) is 2.37. The van der Waals surface area contributed by atoms with Crippen molar-refractivity contribution in [1.29, 1.82) is 0 Å². The highest BCUT2D eigenvalue weighted by atomic mass is 79.9. The summed E-state index contributed by atoms with van der Waals surface area (Å²) in [6.45, 7) is 1.91. The first-order valence-electron chi connectivity index (χ1n) is 5.78. The lowest BCUT2D eigenvalue weighted by atomic mass is 10.2. The van der Waals surface area contributed by atoms with Crippen LogP contribution in [0.15, 0.2) is 51.9 Å². The van der Waals surface area contributed by atoms with E-state index >= 15 is 0 Å². The first-order chi connectivity index (χ1) is 9.06. The zero-order chi connectivity index (χ0) is 13.8. The molecule has 0 aliphatic carbocycles. The number of aromatic nitrogens is 1. The number of aryl methyl sites for hydroxylation is 1. The molecular formula is C14H13BrN2O2. The lowest BCUT2D eigenvalue weighted by Gasteiger charge is -2.09. The number of hydrogen-bond donors (Lipinski definition) is 1. The number of hydrogen-bond acceptors (Lipinski definition) is 2. The summed E-state index contributed by atoms with van der Waals surface area (Å²) in [7, 11) is 0. The third-order valence-electron chi connectivity index (χ3n) is 2.68. The molecule has 1 N–H and O–H groups in total. The third kappa shape index (κ3) is 3.54. The van der Waals surface area contributed by atoms with Crippen molar-refractivity contribution in [1.82, 2.24) is 4.57 Å². The Labute approximate surface area is 119 Å². The number of halogens is 1. The Hall–Kier alpha value is -1.88. The van der Waals surface area contributed by atoms with E-state index in [4.69, 9.17) is 0 Å². The maximum atomic E-state index is 11.9. The van der Waals surface area contributed by atoms with E-state index in [-0.39, 0.29) is 18.0 Å². The van der Waals surface area contributed by atoms with Gasteiger partial charge in [0.15, 0.2) is 0 Å². The Morgan fingerprint density at radius 2 is 2.00 bits per heavy atom. The number of carbonyl (C=O) groups excluding carboxylic acids is 1. The van der Waals surface area contributed by atoms with E-state index in [9.17, 15) is 9.59 Å². The Bertz CT molecular complexity index is 664. The SMILES string of the molecule is Cc1ccccc1NC(=O)Cn1cc(Br)ccc1=O. The minimum absolute atomic E-state index is 0.00733. The van der Waals surface area contributed by atoms with Gasteiger partial charge in [-0.15, -0.1) is 0 Å². The second-order valence-corrected chi connectivity index (χ2v) is 5.09. The van der Waals surface area contributed by atoms with Crippen molar-refractivity contribution in [2.24, 2.45) is 0 Å². The third-order valence-corrected chi connectivity index (χ3v) is 3.15. The van der Waals surface area contributed by atoms with Gasteiger partial charge in [0.1, 0.15) is 6.54 Å². The van der Waals surface area contributed by atoms with E-state index in [2.05, 4.69) is 21.2 Å². The van der Waals surface area contributed by atoms with Gasteiger partial charge in [-0.25, -0.2) is 0 Å². The van der Waals surface area contributed by atoms with Crippen molar-refractivity contribution in [3.8, 4) is 0 Å². The van der Waals surface area contributed by atoms with Crippen molar-refractivity contribution in [2.45, 2.75) is 13.5 Å². The molecule has 0 saturated heterocycles. The van der Waals surface area contributed by atoms with Crippen LogP contribution in [-0.2, 0) is 11.3 Å². The molecule has 4 nitrogen and oxygen atoms in total. The van der Waals surface area contributed by atoms with Crippen LogP contribution in [0.4, 0.5) is 5.69 Å². The number of amides is 1. The number of nitrogens with one attached hydrogen (secondary N) is 1. The van der Waals surface area contributed by atoms with Crippen molar-refractivity contribution in [3.05, 3.63) is 63.0 Å². The van der Waals surface area contributed by atoms with Crippen LogP contribution in [0.1, 0.15) is 5.56 Å². The summed E-state index contributed by atoms with van der Waals surface area (Å²) >= 11 is 3.27. The van der Waals surface area contributed by atoms with Gasteiger partial charge in [0, 0.05) is 22.4 Å². The second-order valence-electron chi connectivity index (χ2n) is 4.18. The molecule has 0 saturated carbocycles. The molecule has 0 fully saturated rings. The fraction of sp³-hybridized carbons (Fsp3) is 0.143. The molecule has 0 spiro atoms. The predicted octanol–water partition coefficient (Wildman–Crippen LogP) is 2.56. The Morgan fingerprint density at radius 1 is 1.26 bits per heavy atom. The summed E-state index contributed by atoms with van der Waals surface area (Å²) < 4.78 is 2.12. The van der Waals surface area contributed by atoms with E-state index in [1.165, 1.54) is 10.6 Å². The van der Waals surface area contributed by atoms with Crippen LogP contribution < -0.4 is 10.9 Å². The van der Waals surface area contributed by atoms with Gasteiger partial charge in [-0.2, -0.15) is 0 Å². The monoisotopic (exact) mass is 320 g/mol. The molecule has 0 radical (unpaired) electrons. The molecule has 0 atom stereocenters. The highest BCUT2D eigenvalue weighted by Gasteiger charge is 2.06. The van der Waals surface area contributed by atoms with Gasteiger partial charge in [0.05, 0.1) is 0 Å².